The zero-order chi connectivity index (χ0) is 13.0. The van der Waals surface area contributed by atoms with Crippen LogP contribution in [-0.2, 0) is 16.6 Å². The summed E-state index contributed by atoms with van der Waals surface area (Å²) in [5.41, 5.74) is 0.0816. The predicted molar refractivity (Wildman–Crippen MR) is 59.5 cm³/mol. The summed E-state index contributed by atoms with van der Waals surface area (Å²) in [5.74, 6) is 0.216. The van der Waals surface area contributed by atoms with E-state index in [9.17, 15) is 8.42 Å². The Balaban J connectivity index is 2.23. The predicted octanol–water partition coefficient (Wildman–Crippen LogP) is 0.420. The van der Waals surface area contributed by atoms with Crippen LogP contribution in [0.2, 0.25) is 0 Å². The molecule has 0 aliphatic heterocycles. The molecule has 1 aromatic heterocycles. The molecule has 8 heteroatoms. The number of benzene rings is 1. The van der Waals surface area contributed by atoms with E-state index < -0.39 is 10.0 Å². The summed E-state index contributed by atoms with van der Waals surface area (Å²) in [5, 5.41) is 12.3. The molecule has 7 nitrogen and oxygen atoms in total. The third-order valence-electron chi connectivity index (χ3n) is 2.12. The number of rotatable bonds is 4. The average molecular weight is 264 g/mol. The molecule has 0 saturated heterocycles. The summed E-state index contributed by atoms with van der Waals surface area (Å²) in [6.07, 6.45) is 1.10. The van der Waals surface area contributed by atoms with Gasteiger partial charge in [-0.05, 0) is 12.1 Å². The van der Waals surface area contributed by atoms with Gasteiger partial charge in [0.05, 0.1) is 17.0 Å². The van der Waals surface area contributed by atoms with Crippen LogP contribution >= 0.6 is 0 Å². The van der Waals surface area contributed by atoms with Crippen molar-refractivity contribution < 1.29 is 12.9 Å². The van der Waals surface area contributed by atoms with E-state index in [1.165, 1.54) is 12.1 Å². The summed E-state index contributed by atoms with van der Waals surface area (Å²) in [6, 6.07) is 7.76. The van der Waals surface area contributed by atoms with Gasteiger partial charge in [0, 0.05) is 0 Å². The fourth-order valence-corrected chi connectivity index (χ4v) is 2.44. The lowest BCUT2D eigenvalue weighted by atomic mass is 10.2. The van der Waals surface area contributed by atoms with Crippen LogP contribution in [0.4, 0.5) is 0 Å². The van der Waals surface area contributed by atoms with Gasteiger partial charge in [0.1, 0.15) is 6.07 Å². The first kappa shape index (κ1) is 12.2. The van der Waals surface area contributed by atoms with Gasteiger partial charge in [0.25, 0.3) is 0 Å². The fourth-order valence-electron chi connectivity index (χ4n) is 1.30. The second-order valence-corrected chi connectivity index (χ2v) is 5.02. The van der Waals surface area contributed by atoms with Crippen LogP contribution in [0.15, 0.2) is 40.1 Å². The van der Waals surface area contributed by atoms with E-state index in [0.717, 1.165) is 6.39 Å². The first-order chi connectivity index (χ1) is 8.63. The van der Waals surface area contributed by atoms with E-state index in [4.69, 9.17) is 5.26 Å². The summed E-state index contributed by atoms with van der Waals surface area (Å²) in [6.45, 7) is -0.0986. The van der Waals surface area contributed by atoms with Crippen LogP contribution < -0.4 is 4.72 Å². The lowest BCUT2D eigenvalue weighted by Crippen LogP contribution is -2.24. The van der Waals surface area contributed by atoms with Crippen molar-refractivity contribution in [1.82, 2.24) is 14.9 Å². The van der Waals surface area contributed by atoms with Crippen LogP contribution in [0.5, 0.6) is 0 Å². The molecule has 0 unspecified atom stereocenters. The Bertz CT molecular complexity index is 673. The van der Waals surface area contributed by atoms with Gasteiger partial charge in [-0.3, -0.25) is 0 Å². The molecule has 1 heterocycles. The van der Waals surface area contributed by atoms with Gasteiger partial charge in [-0.2, -0.15) is 10.2 Å². The van der Waals surface area contributed by atoms with Crippen molar-refractivity contribution in [3.8, 4) is 6.07 Å². The third kappa shape index (κ3) is 2.53. The molecule has 1 N–H and O–H groups in total. The molecule has 0 atom stereocenters. The van der Waals surface area contributed by atoms with Crippen molar-refractivity contribution >= 4 is 10.0 Å². The van der Waals surface area contributed by atoms with Gasteiger partial charge in [0.15, 0.2) is 5.82 Å². The van der Waals surface area contributed by atoms with E-state index in [1.54, 1.807) is 12.1 Å². The van der Waals surface area contributed by atoms with Crippen molar-refractivity contribution in [2.24, 2.45) is 0 Å². The maximum absolute atomic E-state index is 12.0. The quantitative estimate of drug-likeness (QED) is 0.857. The SMILES string of the molecule is N#Cc1ccccc1S(=O)(=O)NCc1ncon1. The second kappa shape index (κ2) is 4.95. The van der Waals surface area contributed by atoms with Crippen molar-refractivity contribution in [1.29, 1.82) is 5.26 Å². The van der Waals surface area contributed by atoms with Gasteiger partial charge in [-0.25, -0.2) is 13.1 Å². The highest BCUT2D eigenvalue weighted by atomic mass is 32.2. The minimum atomic E-state index is -3.77. The number of nitrogens with zero attached hydrogens (tertiary/aromatic N) is 3. The molecule has 0 bridgehead atoms. The Kier molecular flexibility index (Phi) is 3.36. The Hall–Kier alpha value is -2.24. The number of hydrogen-bond acceptors (Lipinski definition) is 6. The number of aromatic nitrogens is 2. The van der Waals surface area contributed by atoms with E-state index >= 15 is 0 Å². The highest BCUT2D eigenvalue weighted by molar-refractivity contribution is 7.89. The lowest BCUT2D eigenvalue weighted by molar-refractivity contribution is 0.409. The first-order valence-electron chi connectivity index (χ1n) is 4.87. The minimum Gasteiger partial charge on any atom is -0.343 e. The van der Waals surface area contributed by atoms with Crippen LogP contribution in [-0.4, -0.2) is 18.6 Å². The normalized spacial score (nSPS) is 11.1. The topological polar surface area (TPSA) is 109 Å². The molecule has 0 amide bonds. The number of sulfonamides is 1. The minimum absolute atomic E-state index is 0.0732. The van der Waals surface area contributed by atoms with Crippen molar-refractivity contribution in [2.75, 3.05) is 0 Å². The van der Waals surface area contributed by atoms with E-state index in [2.05, 4.69) is 19.4 Å². The molecule has 2 rings (SSSR count). The third-order valence-corrected chi connectivity index (χ3v) is 3.58. The van der Waals surface area contributed by atoms with E-state index in [0.29, 0.717) is 0 Å². The Morgan fingerprint density at radius 1 is 1.39 bits per heavy atom. The molecule has 2 aromatic rings. The largest absolute Gasteiger partial charge is 0.343 e. The summed E-state index contributed by atoms with van der Waals surface area (Å²) >= 11 is 0. The first-order valence-corrected chi connectivity index (χ1v) is 6.36. The maximum Gasteiger partial charge on any atom is 0.242 e. The monoisotopic (exact) mass is 264 g/mol. The molecule has 0 aliphatic rings. The fraction of sp³-hybridized carbons (Fsp3) is 0.100. The average Bonchev–Trinajstić information content (AvgIpc) is 2.89. The van der Waals surface area contributed by atoms with Gasteiger partial charge < -0.3 is 4.52 Å². The molecular weight excluding hydrogens is 256 g/mol. The van der Waals surface area contributed by atoms with Crippen molar-refractivity contribution in [3.05, 3.63) is 42.0 Å². The van der Waals surface area contributed by atoms with E-state index in [-0.39, 0.29) is 22.8 Å². The summed E-state index contributed by atoms with van der Waals surface area (Å²) in [4.78, 5) is 3.61. The smallest absolute Gasteiger partial charge is 0.242 e. The van der Waals surface area contributed by atoms with Crippen LogP contribution in [0.1, 0.15) is 11.4 Å². The maximum atomic E-state index is 12.0. The molecule has 0 saturated carbocycles. The van der Waals surface area contributed by atoms with Crippen LogP contribution in [0.25, 0.3) is 0 Å². The van der Waals surface area contributed by atoms with E-state index in [1.807, 2.05) is 6.07 Å². The highest BCUT2D eigenvalue weighted by Crippen LogP contribution is 2.14. The molecule has 1 aromatic carbocycles. The number of nitriles is 1. The van der Waals surface area contributed by atoms with Gasteiger partial charge >= 0.3 is 0 Å². The van der Waals surface area contributed by atoms with Crippen LogP contribution in [0, 0.1) is 11.3 Å². The van der Waals surface area contributed by atoms with Gasteiger partial charge in [0.2, 0.25) is 16.4 Å². The molecule has 18 heavy (non-hydrogen) atoms. The van der Waals surface area contributed by atoms with Gasteiger partial charge in [-0.1, -0.05) is 17.3 Å². The Morgan fingerprint density at radius 3 is 2.83 bits per heavy atom. The molecule has 92 valence electrons. The molecule has 0 radical (unpaired) electrons. The lowest BCUT2D eigenvalue weighted by Gasteiger charge is -2.05. The van der Waals surface area contributed by atoms with Gasteiger partial charge in [-0.15, -0.1) is 0 Å². The molecule has 0 spiro atoms. The molecule has 0 aliphatic carbocycles. The van der Waals surface area contributed by atoms with Crippen LogP contribution in [0.3, 0.4) is 0 Å². The zero-order valence-electron chi connectivity index (χ0n) is 9.07. The summed E-state index contributed by atoms with van der Waals surface area (Å²) in [7, 11) is -3.77. The second-order valence-electron chi connectivity index (χ2n) is 3.28. The Labute approximate surface area is 103 Å². The van der Waals surface area contributed by atoms with Crippen molar-refractivity contribution in [2.45, 2.75) is 11.4 Å². The number of nitrogens with one attached hydrogen (secondary N) is 1. The summed E-state index contributed by atoms with van der Waals surface area (Å²) < 4.78 is 30.7. The standard InChI is InChI=1S/C10H8N4O3S/c11-5-8-3-1-2-4-9(8)18(15,16)13-6-10-12-7-17-14-10/h1-4,7,13H,6H2. The number of hydrogen-bond donors (Lipinski definition) is 1. The molecular formula is C10H8N4O3S. The Morgan fingerprint density at radius 2 is 2.17 bits per heavy atom. The highest BCUT2D eigenvalue weighted by Gasteiger charge is 2.18. The van der Waals surface area contributed by atoms with Crippen molar-refractivity contribution in [3.63, 3.8) is 0 Å². The zero-order valence-corrected chi connectivity index (χ0v) is 9.88. The molecule has 0 fully saturated rings.